The Morgan fingerprint density at radius 1 is 1.45 bits per heavy atom. The van der Waals surface area contributed by atoms with Crippen molar-refractivity contribution in [3.8, 4) is 0 Å². The molecule has 0 atom stereocenters. The molecule has 20 heavy (non-hydrogen) atoms. The van der Waals surface area contributed by atoms with E-state index >= 15 is 0 Å². The highest BCUT2D eigenvalue weighted by Gasteiger charge is 2.12. The fraction of sp³-hybridized carbons (Fsp3) is 0.250. The monoisotopic (exact) mass is 312 g/mol. The molecule has 0 aliphatic heterocycles. The second-order valence-corrected chi connectivity index (χ2v) is 5.92. The molecule has 106 valence electrons. The third-order valence-electron chi connectivity index (χ3n) is 2.35. The number of nitrogens with one attached hydrogen (secondary N) is 1. The lowest BCUT2D eigenvalue weighted by Crippen LogP contribution is -2.22. The first kappa shape index (κ1) is 14.6. The molecule has 0 aromatic carbocycles. The number of thiazole rings is 1. The molecule has 0 unspecified atom stereocenters. The van der Waals surface area contributed by atoms with E-state index < -0.39 is 5.97 Å². The number of aromatic nitrogens is 1. The van der Waals surface area contributed by atoms with Crippen LogP contribution in [0.4, 0.5) is 0 Å². The van der Waals surface area contributed by atoms with Crippen LogP contribution in [0.3, 0.4) is 0 Å². The molecule has 2 aromatic rings. The van der Waals surface area contributed by atoms with Gasteiger partial charge in [-0.3, -0.25) is 4.79 Å². The van der Waals surface area contributed by atoms with Gasteiger partial charge in [0.25, 0.3) is 5.91 Å². The first-order chi connectivity index (χ1) is 9.60. The number of carbonyl (C=O) groups excluding carboxylic acids is 1. The summed E-state index contributed by atoms with van der Waals surface area (Å²) in [7, 11) is 1.57. The zero-order valence-electron chi connectivity index (χ0n) is 10.6. The van der Waals surface area contributed by atoms with Crippen LogP contribution in [-0.2, 0) is 17.9 Å². The number of aromatic carboxylic acids is 1. The van der Waals surface area contributed by atoms with Gasteiger partial charge in [-0.2, -0.15) is 0 Å². The summed E-state index contributed by atoms with van der Waals surface area (Å²) in [6.45, 7) is 0.665. The summed E-state index contributed by atoms with van der Waals surface area (Å²) in [5.74, 6) is -1.25. The number of ether oxygens (including phenoxy) is 1. The summed E-state index contributed by atoms with van der Waals surface area (Å²) < 4.78 is 4.94. The van der Waals surface area contributed by atoms with Gasteiger partial charge in [0.1, 0.15) is 15.6 Å². The Morgan fingerprint density at radius 2 is 2.25 bits per heavy atom. The normalized spacial score (nSPS) is 10.4. The van der Waals surface area contributed by atoms with Gasteiger partial charge in [-0.1, -0.05) is 0 Å². The van der Waals surface area contributed by atoms with E-state index in [0.29, 0.717) is 12.3 Å². The molecule has 0 aliphatic carbocycles. The van der Waals surface area contributed by atoms with Crippen molar-refractivity contribution < 1.29 is 19.4 Å². The van der Waals surface area contributed by atoms with E-state index in [0.717, 1.165) is 21.2 Å². The molecular formula is C12H12N2O4S2. The molecule has 0 saturated carbocycles. The first-order valence-electron chi connectivity index (χ1n) is 5.63. The molecule has 6 nitrogen and oxygen atoms in total. The molecule has 0 bridgehead atoms. The third kappa shape index (κ3) is 3.62. The quantitative estimate of drug-likeness (QED) is 0.851. The average Bonchev–Trinajstić information content (AvgIpc) is 3.05. The van der Waals surface area contributed by atoms with Crippen molar-refractivity contribution in [1.29, 1.82) is 0 Å². The Balaban J connectivity index is 1.91. The van der Waals surface area contributed by atoms with Crippen molar-refractivity contribution in [1.82, 2.24) is 10.3 Å². The maximum Gasteiger partial charge on any atom is 0.345 e. The molecule has 2 N–H and O–H groups in total. The molecule has 2 rings (SSSR count). The van der Waals surface area contributed by atoms with Crippen LogP contribution in [0.1, 0.15) is 30.0 Å². The highest BCUT2D eigenvalue weighted by Crippen LogP contribution is 2.16. The molecule has 2 aromatic heterocycles. The molecule has 8 heteroatoms. The van der Waals surface area contributed by atoms with Crippen molar-refractivity contribution in [3.63, 3.8) is 0 Å². The Hall–Kier alpha value is -1.77. The van der Waals surface area contributed by atoms with E-state index in [2.05, 4.69) is 10.3 Å². The standard InChI is InChI=1S/C12H12N2O4S2/c1-18-5-10-14-8(6-19-10)11(15)13-4-7-2-3-9(20-7)12(16)17/h2-3,6H,4-5H2,1H3,(H,13,15)(H,16,17). The van der Waals surface area contributed by atoms with E-state index in [9.17, 15) is 9.59 Å². The fourth-order valence-electron chi connectivity index (χ4n) is 1.45. The number of amides is 1. The maximum atomic E-state index is 11.9. The molecule has 0 saturated heterocycles. The number of methoxy groups -OCH3 is 1. The number of nitrogens with zero attached hydrogens (tertiary/aromatic N) is 1. The second kappa shape index (κ2) is 6.60. The summed E-state index contributed by atoms with van der Waals surface area (Å²) in [6.07, 6.45) is 0. The van der Waals surface area contributed by atoms with Gasteiger partial charge in [-0.05, 0) is 12.1 Å². The zero-order chi connectivity index (χ0) is 14.5. The Bertz CT molecular complexity index is 621. The summed E-state index contributed by atoms with van der Waals surface area (Å²) >= 11 is 2.50. The van der Waals surface area contributed by atoms with Crippen LogP contribution in [0.15, 0.2) is 17.5 Å². The number of rotatable bonds is 6. The lowest BCUT2D eigenvalue weighted by molar-refractivity contribution is 0.0702. The third-order valence-corrected chi connectivity index (χ3v) is 4.24. The van der Waals surface area contributed by atoms with Crippen LogP contribution in [0, 0.1) is 0 Å². The smallest absolute Gasteiger partial charge is 0.345 e. The largest absolute Gasteiger partial charge is 0.477 e. The first-order valence-corrected chi connectivity index (χ1v) is 7.33. The van der Waals surface area contributed by atoms with E-state index in [1.165, 1.54) is 17.4 Å². The Kier molecular flexibility index (Phi) is 4.83. The minimum Gasteiger partial charge on any atom is -0.477 e. The predicted molar refractivity (Wildman–Crippen MR) is 75.3 cm³/mol. The van der Waals surface area contributed by atoms with Crippen molar-refractivity contribution in [2.75, 3.05) is 7.11 Å². The van der Waals surface area contributed by atoms with Crippen molar-refractivity contribution in [3.05, 3.63) is 38.0 Å². The van der Waals surface area contributed by atoms with Gasteiger partial charge in [-0.25, -0.2) is 9.78 Å². The molecule has 1 amide bonds. The predicted octanol–water partition coefficient (Wildman–Crippen LogP) is 1.98. The topological polar surface area (TPSA) is 88.5 Å². The van der Waals surface area contributed by atoms with Crippen LogP contribution < -0.4 is 5.32 Å². The minimum atomic E-state index is -0.962. The SMILES string of the molecule is COCc1nc(C(=O)NCc2ccc(C(=O)O)s2)cs1. The molecule has 0 spiro atoms. The van der Waals surface area contributed by atoms with Crippen LogP contribution >= 0.6 is 22.7 Å². The Labute approximate surface area is 123 Å². The second-order valence-electron chi connectivity index (χ2n) is 3.81. The van der Waals surface area contributed by atoms with Gasteiger partial charge >= 0.3 is 5.97 Å². The maximum absolute atomic E-state index is 11.9. The van der Waals surface area contributed by atoms with E-state index in [-0.39, 0.29) is 17.3 Å². The minimum absolute atomic E-state index is 0.255. The number of carboxylic acid groups (broad SMARTS) is 1. The van der Waals surface area contributed by atoms with E-state index in [1.807, 2.05) is 0 Å². The molecule has 2 heterocycles. The van der Waals surface area contributed by atoms with E-state index in [4.69, 9.17) is 9.84 Å². The fourth-order valence-corrected chi connectivity index (χ4v) is 2.98. The highest BCUT2D eigenvalue weighted by molar-refractivity contribution is 7.13. The molecule has 0 aliphatic rings. The van der Waals surface area contributed by atoms with Crippen LogP contribution in [0.2, 0.25) is 0 Å². The van der Waals surface area contributed by atoms with Gasteiger partial charge in [0.2, 0.25) is 0 Å². The zero-order valence-corrected chi connectivity index (χ0v) is 12.2. The lowest BCUT2D eigenvalue weighted by Gasteiger charge is -2.00. The van der Waals surface area contributed by atoms with Crippen molar-refractivity contribution in [2.45, 2.75) is 13.2 Å². The number of carbonyl (C=O) groups is 2. The highest BCUT2D eigenvalue weighted by atomic mass is 32.1. The average molecular weight is 312 g/mol. The van der Waals surface area contributed by atoms with Crippen molar-refractivity contribution >= 4 is 34.6 Å². The lowest BCUT2D eigenvalue weighted by atomic mass is 10.4. The van der Waals surface area contributed by atoms with Crippen molar-refractivity contribution in [2.24, 2.45) is 0 Å². The number of thiophene rings is 1. The van der Waals surface area contributed by atoms with Gasteiger partial charge in [0.15, 0.2) is 0 Å². The number of hydrogen-bond donors (Lipinski definition) is 2. The summed E-state index contributed by atoms with van der Waals surface area (Å²) in [6, 6.07) is 3.21. The summed E-state index contributed by atoms with van der Waals surface area (Å²) in [5, 5.41) is 13.9. The van der Waals surface area contributed by atoms with Gasteiger partial charge in [-0.15, -0.1) is 22.7 Å². The summed E-state index contributed by atoms with van der Waals surface area (Å²) in [4.78, 5) is 27.8. The van der Waals surface area contributed by atoms with Crippen LogP contribution in [-0.4, -0.2) is 29.1 Å². The Morgan fingerprint density at radius 3 is 2.90 bits per heavy atom. The van der Waals surface area contributed by atoms with Crippen LogP contribution in [0.5, 0.6) is 0 Å². The molecular weight excluding hydrogens is 300 g/mol. The van der Waals surface area contributed by atoms with Gasteiger partial charge < -0.3 is 15.2 Å². The summed E-state index contributed by atoms with van der Waals surface area (Å²) in [5.41, 5.74) is 0.345. The van der Waals surface area contributed by atoms with Crippen LogP contribution in [0.25, 0.3) is 0 Å². The number of hydrogen-bond acceptors (Lipinski definition) is 6. The van der Waals surface area contributed by atoms with E-state index in [1.54, 1.807) is 18.6 Å². The molecule has 0 fully saturated rings. The van der Waals surface area contributed by atoms with Gasteiger partial charge in [0, 0.05) is 17.4 Å². The van der Waals surface area contributed by atoms with Gasteiger partial charge in [0.05, 0.1) is 13.2 Å². The molecule has 0 radical (unpaired) electrons. The number of carboxylic acids is 1.